The van der Waals surface area contributed by atoms with Crippen molar-refractivity contribution in [3.8, 4) is 5.69 Å². The Hall–Kier alpha value is -1.99. The first kappa shape index (κ1) is 12.1. The number of tetrazole rings is 1. The van der Waals surface area contributed by atoms with Crippen LogP contribution in [0.2, 0.25) is 0 Å². The second-order valence-electron chi connectivity index (χ2n) is 3.58. The minimum absolute atomic E-state index is 0.0537. The smallest absolute Gasteiger partial charge is 0.237 e. The van der Waals surface area contributed by atoms with Crippen LogP contribution in [0.3, 0.4) is 0 Å². The van der Waals surface area contributed by atoms with Crippen LogP contribution in [0.1, 0.15) is 9.67 Å². The summed E-state index contributed by atoms with van der Waals surface area (Å²) in [6.07, 6.45) is 0. The second kappa shape index (κ2) is 5.33. The number of hydrogen-bond donors (Lipinski definition) is 0. The summed E-state index contributed by atoms with van der Waals surface area (Å²) in [5, 5.41) is 13.7. The lowest BCUT2D eigenvalue weighted by Crippen LogP contribution is -2.00. The third-order valence-electron chi connectivity index (χ3n) is 2.35. The Morgan fingerprint density at radius 3 is 2.74 bits per heavy atom. The van der Waals surface area contributed by atoms with Crippen LogP contribution < -0.4 is 0 Å². The highest BCUT2D eigenvalue weighted by molar-refractivity contribution is 8.14. The van der Waals surface area contributed by atoms with E-state index >= 15 is 0 Å². The topological polar surface area (TPSA) is 60.7 Å². The molecule has 19 heavy (non-hydrogen) atoms. The van der Waals surface area contributed by atoms with Crippen molar-refractivity contribution in [2.24, 2.45) is 0 Å². The van der Waals surface area contributed by atoms with E-state index in [-0.39, 0.29) is 5.12 Å². The predicted octanol–water partition coefficient (Wildman–Crippen LogP) is 2.66. The number of thioether (sulfide) groups is 1. The van der Waals surface area contributed by atoms with E-state index in [1.165, 1.54) is 11.3 Å². The SMILES string of the molecule is O=C(Sc1nnnn1-c1ccccc1)c1cccs1. The number of carbonyl (C=O) groups excluding carboxylic acids is 1. The van der Waals surface area contributed by atoms with Gasteiger partial charge in [0.25, 0.3) is 0 Å². The van der Waals surface area contributed by atoms with Crippen LogP contribution in [0.25, 0.3) is 5.69 Å². The zero-order valence-electron chi connectivity index (χ0n) is 9.63. The van der Waals surface area contributed by atoms with Crippen LogP contribution in [-0.2, 0) is 0 Å². The van der Waals surface area contributed by atoms with Crippen molar-refractivity contribution >= 4 is 28.2 Å². The molecule has 0 atom stereocenters. The number of thiophene rings is 1. The van der Waals surface area contributed by atoms with Gasteiger partial charge in [0.1, 0.15) is 0 Å². The maximum Gasteiger partial charge on any atom is 0.237 e. The summed E-state index contributed by atoms with van der Waals surface area (Å²) in [6.45, 7) is 0. The number of rotatable bonds is 3. The molecule has 0 spiro atoms. The first-order chi connectivity index (χ1) is 9.34. The monoisotopic (exact) mass is 288 g/mol. The van der Waals surface area contributed by atoms with Crippen LogP contribution in [0.4, 0.5) is 0 Å². The average Bonchev–Trinajstić information content (AvgIpc) is 3.11. The lowest BCUT2D eigenvalue weighted by Gasteiger charge is -2.02. The Balaban J connectivity index is 1.87. The van der Waals surface area contributed by atoms with Crippen molar-refractivity contribution in [2.45, 2.75) is 5.16 Å². The van der Waals surface area contributed by atoms with Crippen LogP contribution in [-0.4, -0.2) is 25.3 Å². The molecule has 2 heterocycles. The van der Waals surface area contributed by atoms with E-state index < -0.39 is 0 Å². The molecule has 0 saturated carbocycles. The normalized spacial score (nSPS) is 10.5. The van der Waals surface area contributed by atoms with Gasteiger partial charge in [-0.2, -0.15) is 4.68 Å². The molecule has 3 rings (SSSR count). The van der Waals surface area contributed by atoms with Crippen molar-refractivity contribution in [2.75, 3.05) is 0 Å². The largest absolute Gasteiger partial charge is 0.280 e. The molecule has 0 amide bonds. The Kier molecular flexibility index (Phi) is 3.39. The predicted molar refractivity (Wildman–Crippen MR) is 73.7 cm³/mol. The molecular formula is C12H8N4OS2. The molecule has 7 heteroatoms. The van der Waals surface area contributed by atoms with Crippen molar-refractivity contribution in [3.63, 3.8) is 0 Å². The van der Waals surface area contributed by atoms with Crippen LogP contribution in [0.5, 0.6) is 0 Å². The number of carbonyl (C=O) groups is 1. The highest BCUT2D eigenvalue weighted by Crippen LogP contribution is 2.24. The molecule has 3 aromatic rings. The summed E-state index contributed by atoms with van der Waals surface area (Å²) >= 11 is 2.43. The van der Waals surface area contributed by atoms with E-state index in [1.54, 1.807) is 10.7 Å². The van der Waals surface area contributed by atoms with E-state index in [0.29, 0.717) is 10.0 Å². The Morgan fingerprint density at radius 2 is 2.00 bits per heavy atom. The molecule has 0 unspecified atom stereocenters. The van der Waals surface area contributed by atoms with E-state index in [4.69, 9.17) is 0 Å². The fourth-order valence-corrected chi connectivity index (χ4v) is 2.97. The summed E-state index contributed by atoms with van der Waals surface area (Å²) in [5.41, 5.74) is 0.828. The summed E-state index contributed by atoms with van der Waals surface area (Å²) in [6, 6.07) is 13.1. The van der Waals surface area contributed by atoms with Crippen LogP contribution >= 0.6 is 23.1 Å². The Labute approximate surface area is 117 Å². The number of aromatic nitrogens is 4. The lowest BCUT2D eigenvalue weighted by molar-refractivity contribution is 0.109. The molecule has 1 aromatic carbocycles. The van der Waals surface area contributed by atoms with E-state index in [1.807, 2.05) is 41.8 Å². The molecule has 0 aliphatic heterocycles. The summed E-state index contributed by atoms with van der Waals surface area (Å²) in [4.78, 5) is 12.7. The van der Waals surface area contributed by atoms with Crippen LogP contribution in [0.15, 0.2) is 53.0 Å². The molecule has 0 fully saturated rings. The standard InChI is InChI=1S/C12H8N4OS2/c17-11(10-7-4-8-18-10)19-12-13-14-15-16(12)9-5-2-1-3-6-9/h1-8H. The first-order valence-corrected chi connectivity index (χ1v) is 7.14. The lowest BCUT2D eigenvalue weighted by atomic mass is 10.3. The Bertz CT molecular complexity index is 679. The zero-order valence-corrected chi connectivity index (χ0v) is 11.3. The van der Waals surface area contributed by atoms with Crippen molar-refractivity contribution < 1.29 is 4.79 Å². The van der Waals surface area contributed by atoms with Gasteiger partial charge in [0.15, 0.2) is 0 Å². The minimum atomic E-state index is -0.0537. The molecular weight excluding hydrogens is 280 g/mol. The quantitative estimate of drug-likeness (QED) is 0.693. The van der Waals surface area contributed by atoms with Gasteiger partial charge in [0.05, 0.1) is 10.6 Å². The molecule has 94 valence electrons. The van der Waals surface area contributed by atoms with Gasteiger partial charge < -0.3 is 0 Å². The van der Waals surface area contributed by atoms with Gasteiger partial charge in [0, 0.05) is 0 Å². The van der Waals surface area contributed by atoms with Crippen LogP contribution in [0, 0.1) is 0 Å². The van der Waals surface area contributed by atoms with Crippen molar-refractivity contribution in [1.29, 1.82) is 0 Å². The molecule has 0 N–H and O–H groups in total. The third-order valence-corrected chi connectivity index (χ3v) is 4.19. The molecule has 0 saturated heterocycles. The number of nitrogens with zero attached hydrogens (tertiary/aromatic N) is 4. The second-order valence-corrected chi connectivity index (χ2v) is 5.46. The van der Waals surface area contributed by atoms with Crippen molar-refractivity contribution in [3.05, 3.63) is 52.7 Å². The maximum atomic E-state index is 12.0. The summed E-state index contributed by atoms with van der Waals surface area (Å²) in [5.74, 6) is 0. The number of hydrogen-bond acceptors (Lipinski definition) is 6. The molecule has 0 aliphatic rings. The first-order valence-electron chi connectivity index (χ1n) is 5.44. The fraction of sp³-hybridized carbons (Fsp3) is 0. The summed E-state index contributed by atoms with van der Waals surface area (Å²) < 4.78 is 1.55. The molecule has 0 bridgehead atoms. The molecule has 0 radical (unpaired) electrons. The zero-order chi connectivity index (χ0) is 13.1. The third kappa shape index (κ3) is 2.56. The van der Waals surface area contributed by atoms with Gasteiger partial charge in [0.2, 0.25) is 10.3 Å². The van der Waals surface area contributed by atoms with Gasteiger partial charge >= 0.3 is 0 Å². The highest BCUT2D eigenvalue weighted by Gasteiger charge is 2.15. The van der Waals surface area contributed by atoms with Gasteiger partial charge in [-0.05, 0) is 45.8 Å². The fourth-order valence-electron chi connectivity index (χ4n) is 1.50. The molecule has 2 aromatic heterocycles. The van der Waals surface area contributed by atoms with Crippen molar-refractivity contribution in [1.82, 2.24) is 20.2 Å². The van der Waals surface area contributed by atoms with Gasteiger partial charge in [-0.1, -0.05) is 24.3 Å². The maximum absolute atomic E-state index is 12.0. The van der Waals surface area contributed by atoms with E-state index in [0.717, 1.165) is 17.4 Å². The Morgan fingerprint density at radius 1 is 1.16 bits per heavy atom. The van der Waals surface area contributed by atoms with Gasteiger partial charge in [-0.25, -0.2) is 0 Å². The number of para-hydroxylation sites is 1. The van der Waals surface area contributed by atoms with Gasteiger partial charge in [-0.15, -0.1) is 16.4 Å². The average molecular weight is 288 g/mol. The van der Waals surface area contributed by atoms with E-state index in [2.05, 4.69) is 15.5 Å². The highest BCUT2D eigenvalue weighted by atomic mass is 32.2. The number of benzene rings is 1. The summed E-state index contributed by atoms with van der Waals surface area (Å²) in [7, 11) is 0. The van der Waals surface area contributed by atoms with Gasteiger partial charge in [-0.3, -0.25) is 4.79 Å². The molecule has 5 nitrogen and oxygen atoms in total. The minimum Gasteiger partial charge on any atom is -0.280 e. The van der Waals surface area contributed by atoms with E-state index in [9.17, 15) is 4.79 Å². The molecule has 0 aliphatic carbocycles.